The Morgan fingerprint density at radius 1 is 1.19 bits per heavy atom. The first-order valence-electron chi connectivity index (χ1n) is 6.83. The molecule has 21 heavy (non-hydrogen) atoms. The third kappa shape index (κ3) is 2.67. The smallest absolute Gasteiger partial charge is 0.243 e. The van der Waals surface area contributed by atoms with Gasteiger partial charge in [-0.15, -0.1) is 0 Å². The zero-order valence-electron chi connectivity index (χ0n) is 11.5. The van der Waals surface area contributed by atoms with Gasteiger partial charge in [0, 0.05) is 18.5 Å². The average Bonchev–Trinajstić information content (AvgIpc) is 2.54. The first kappa shape index (κ1) is 14.5. The summed E-state index contributed by atoms with van der Waals surface area (Å²) in [6, 6.07) is 12.7. The lowest BCUT2D eigenvalue weighted by molar-refractivity contribution is -0.0304. The Morgan fingerprint density at radius 3 is 2.76 bits per heavy atom. The molecule has 0 bridgehead atoms. The van der Waals surface area contributed by atoms with E-state index in [1.54, 1.807) is 12.1 Å². The number of aliphatic hydroxyl groups is 1. The first-order valence-corrected chi connectivity index (χ1v) is 8.27. The molecule has 1 fully saturated rings. The Labute approximate surface area is 123 Å². The van der Waals surface area contributed by atoms with Crippen molar-refractivity contribution in [1.29, 1.82) is 0 Å². The summed E-state index contributed by atoms with van der Waals surface area (Å²) in [5.41, 5.74) is 0. The molecule has 1 aliphatic rings. The monoisotopic (exact) mass is 307 g/mol. The van der Waals surface area contributed by atoms with Gasteiger partial charge in [0.25, 0.3) is 0 Å². The lowest BCUT2D eigenvalue weighted by Gasteiger charge is -2.31. The molecular formula is C15H17NO4S. The van der Waals surface area contributed by atoms with E-state index in [-0.39, 0.29) is 13.2 Å². The van der Waals surface area contributed by atoms with E-state index in [0.717, 1.165) is 5.39 Å². The van der Waals surface area contributed by atoms with Crippen molar-refractivity contribution in [1.82, 2.24) is 4.31 Å². The van der Waals surface area contributed by atoms with Crippen molar-refractivity contribution >= 4 is 20.8 Å². The number of morpholine rings is 1. The third-order valence-electron chi connectivity index (χ3n) is 3.67. The molecule has 1 unspecified atom stereocenters. The van der Waals surface area contributed by atoms with Crippen LogP contribution in [-0.4, -0.2) is 50.2 Å². The second-order valence-electron chi connectivity index (χ2n) is 5.02. The molecule has 0 amide bonds. The Bertz CT molecular complexity index is 739. The van der Waals surface area contributed by atoms with E-state index in [4.69, 9.17) is 4.74 Å². The summed E-state index contributed by atoms with van der Waals surface area (Å²) in [7, 11) is -3.59. The van der Waals surface area contributed by atoms with E-state index in [1.165, 1.54) is 4.31 Å². The molecule has 112 valence electrons. The van der Waals surface area contributed by atoms with E-state index in [9.17, 15) is 13.5 Å². The van der Waals surface area contributed by atoms with Gasteiger partial charge in [0.15, 0.2) is 0 Å². The predicted octanol–water partition coefficient (Wildman–Crippen LogP) is 1.22. The molecular weight excluding hydrogens is 290 g/mol. The molecule has 1 atom stereocenters. The lowest BCUT2D eigenvalue weighted by atomic mass is 10.1. The van der Waals surface area contributed by atoms with Crippen LogP contribution < -0.4 is 0 Å². The van der Waals surface area contributed by atoms with Gasteiger partial charge < -0.3 is 9.84 Å². The summed E-state index contributed by atoms with van der Waals surface area (Å²) in [6.45, 7) is 0.612. The fourth-order valence-corrected chi connectivity index (χ4v) is 4.25. The number of fused-ring (bicyclic) bond motifs is 1. The van der Waals surface area contributed by atoms with Gasteiger partial charge in [-0.1, -0.05) is 36.4 Å². The van der Waals surface area contributed by atoms with Crippen molar-refractivity contribution in [3.63, 3.8) is 0 Å². The fraction of sp³-hybridized carbons (Fsp3) is 0.333. The zero-order valence-corrected chi connectivity index (χ0v) is 12.3. The van der Waals surface area contributed by atoms with Crippen molar-refractivity contribution in [2.75, 3.05) is 26.3 Å². The Kier molecular flexibility index (Phi) is 3.95. The number of sulfonamides is 1. The molecule has 0 aliphatic carbocycles. The molecule has 1 aliphatic heterocycles. The molecule has 1 saturated heterocycles. The van der Waals surface area contributed by atoms with Gasteiger partial charge in [0.05, 0.1) is 24.2 Å². The maximum absolute atomic E-state index is 12.9. The number of benzene rings is 2. The maximum atomic E-state index is 12.9. The number of hydrogen-bond acceptors (Lipinski definition) is 4. The van der Waals surface area contributed by atoms with Crippen LogP contribution >= 0.6 is 0 Å². The van der Waals surface area contributed by atoms with Gasteiger partial charge in [0.1, 0.15) is 0 Å². The van der Waals surface area contributed by atoms with Crippen LogP contribution in [0.4, 0.5) is 0 Å². The minimum absolute atomic E-state index is 0.179. The zero-order chi connectivity index (χ0) is 14.9. The standard InChI is InChI=1S/C15H17NO4S/c17-11-13-10-16(8-9-20-13)21(18,19)15-7-3-5-12-4-1-2-6-14(12)15/h1-7,13,17H,8-11H2. The molecule has 0 aromatic heterocycles. The highest BCUT2D eigenvalue weighted by molar-refractivity contribution is 7.89. The summed E-state index contributed by atoms with van der Waals surface area (Å²) >= 11 is 0. The minimum Gasteiger partial charge on any atom is -0.394 e. The third-order valence-corrected chi connectivity index (χ3v) is 5.60. The van der Waals surface area contributed by atoms with Crippen LogP contribution in [0.5, 0.6) is 0 Å². The lowest BCUT2D eigenvalue weighted by Crippen LogP contribution is -2.46. The molecule has 2 aromatic rings. The van der Waals surface area contributed by atoms with Crippen LogP contribution in [0, 0.1) is 0 Å². The molecule has 1 N–H and O–H groups in total. The van der Waals surface area contributed by atoms with Crippen LogP contribution in [0.3, 0.4) is 0 Å². The number of ether oxygens (including phenoxy) is 1. The van der Waals surface area contributed by atoms with E-state index in [1.807, 2.05) is 30.3 Å². The molecule has 5 nitrogen and oxygen atoms in total. The van der Waals surface area contributed by atoms with Crippen molar-refractivity contribution in [3.05, 3.63) is 42.5 Å². The second kappa shape index (κ2) is 5.73. The quantitative estimate of drug-likeness (QED) is 0.926. The van der Waals surface area contributed by atoms with Crippen molar-refractivity contribution < 1.29 is 18.3 Å². The first-order chi connectivity index (χ1) is 10.1. The van der Waals surface area contributed by atoms with E-state index >= 15 is 0 Å². The number of aliphatic hydroxyl groups excluding tert-OH is 1. The van der Waals surface area contributed by atoms with Crippen LogP contribution in [0.1, 0.15) is 0 Å². The normalized spacial score (nSPS) is 20.7. The predicted molar refractivity (Wildman–Crippen MR) is 79.5 cm³/mol. The summed E-state index contributed by atoms with van der Waals surface area (Å²) in [4.78, 5) is 0.305. The number of nitrogens with zero attached hydrogens (tertiary/aromatic N) is 1. The molecule has 0 radical (unpaired) electrons. The van der Waals surface area contributed by atoms with Gasteiger partial charge >= 0.3 is 0 Å². The highest BCUT2D eigenvalue weighted by Gasteiger charge is 2.31. The molecule has 0 spiro atoms. The molecule has 0 saturated carbocycles. The van der Waals surface area contributed by atoms with Crippen LogP contribution in [0.15, 0.2) is 47.4 Å². The van der Waals surface area contributed by atoms with E-state index in [2.05, 4.69) is 0 Å². The van der Waals surface area contributed by atoms with E-state index < -0.39 is 16.1 Å². The fourth-order valence-electron chi connectivity index (χ4n) is 2.58. The van der Waals surface area contributed by atoms with Crippen LogP contribution in [-0.2, 0) is 14.8 Å². The summed E-state index contributed by atoms with van der Waals surface area (Å²) in [5, 5.41) is 10.8. The summed E-state index contributed by atoms with van der Waals surface area (Å²) in [5.74, 6) is 0. The molecule has 1 heterocycles. The van der Waals surface area contributed by atoms with Gasteiger partial charge in [-0.05, 0) is 11.5 Å². The Balaban J connectivity index is 2.04. The largest absolute Gasteiger partial charge is 0.394 e. The highest BCUT2D eigenvalue weighted by Crippen LogP contribution is 2.26. The van der Waals surface area contributed by atoms with Gasteiger partial charge in [-0.25, -0.2) is 8.42 Å². The van der Waals surface area contributed by atoms with Crippen LogP contribution in [0.2, 0.25) is 0 Å². The molecule has 6 heteroatoms. The highest BCUT2D eigenvalue weighted by atomic mass is 32.2. The average molecular weight is 307 g/mol. The van der Waals surface area contributed by atoms with Crippen LogP contribution in [0.25, 0.3) is 10.8 Å². The van der Waals surface area contributed by atoms with Gasteiger partial charge in [0.2, 0.25) is 10.0 Å². The Hall–Kier alpha value is -1.47. The number of rotatable bonds is 3. The van der Waals surface area contributed by atoms with E-state index in [0.29, 0.717) is 23.4 Å². The summed E-state index contributed by atoms with van der Waals surface area (Å²) < 4.78 is 32.4. The van der Waals surface area contributed by atoms with Crippen molar-refractivity contribution in [3.8, 4) is 0 Å². The van der Waals surface area contributed by atoms with Gasteiger partial charge in [-0.3, -0.25) is 0 Å². The summed E-state index contributed by atoms with van der Waals surface area (Å²) in [6.07, 6.45) is -0.455. The minimum atomic E-state index is -3.59. The molecule has 2 aromatic carbocycles. The van der Waals surface area contributed by atoms with Gasteiger partial charge in [-0.2, -0.15) is 4.31 Å². The number of hydrogen-bond donors (Lipinski definition) is 1. The maximum Gasteiger partial charge on any atom is 0.243 e. The Morgan fingerprint density at radius 2 is 1.95 bits per heavy atom. The SMILES string of the molecule is O=S(=O)(c1cccc2ccccc12)N1CCOC(CO)C1. The molecule has 3 rings (SSSR count). The van der Waals surface area contributed by atoms with Crippen molar-refractivity contribution in [2.24, 2.45) is 0 Å². The second-order valence-corrected chi connectivity index (χ2v) is 6.92. The van der Waals surface area contributed by atoms with Crippen molar-refractivity contribution in [2.45, 2.75) is 11.0 Å². The topological polar surface area (TPSA) is 66.8 Å².